The topological polar surface area (TPSA) is 224 Å². The van der Waals surface area contributed by atoms with E-state index in [1.165, 1.54) is 0 Å². The van der Waals surface area contributed by atoms with Crippen molar-refractivity contribution in [3.63, 3.8) is 0 Å². The number of phosphoric ester groups is 1. The molecule has 0 radical (unpaired) electrons. The van der Waals surface area contributed by atoms with E-state index in [4.69, 9.17) is 25.5 Å². The Bertz CT molecular complexity index is 894. The monoisotopic (exact) mass is 395 g/mol. The van der Waals surface area contributed by atoms with E-state index in [0.717, 1.165) is 10.9 Å². The second kappa shape index (κ2) is 6.99. The van der Waals surface area contributed by atoms with Gasteiger partial charge >= 0.3 is 7.82 Å². The van der Waals surface area contributed by atoms with E-state index in [0.29, 0.717) is 0 Å². The highest BCUT2D eigenvalue weighted by molar-refractivity contribution is 7.46. The molecule has 16 heteroatoms. The number of fused-ring (bicyclic) bond motifs is 1. The molecule has 0 aromatic carbocycles. The van der Waals surface area contributed by atoms with Gasteiger partial charge in [-0.1, -0.05) is 5.04 Å². The first-order valence-electron chi connectivity index (χ1n) is 6.94. The molecule has 0 aliphatic carbocycles. The Morgan fingerprint density at radius 1 is 1.46 bits per heavy atom. The number of rotatable bonds is 6. The molecule has 2 aromatic heterocycles. The molecule has 0 unspecified atom stereocenters. The molecule has 2 aromatic rings. The molecule has 1 aliphatic rings. The largest absolute Gasteiger partial charge is 0.470 e. The van der Waals surface area contributed by atoms with Crippen molar-refractivity contribution in [2.75, 3.05) is 12.3 Å². The molecule has 7 N–H and O–H groups in total. The molecule has 3 rings (SSSR count). The number of nitrogens with zero attached hydrogens (tertiary/aromatic N) is 3. The number of aliphatic hydroxyl groups is 1. The maximum absolute atomic E-state index is 11.8. The van der Waals surface area contributed by atoms with Gasteiger partial charge in [0, 0.05) is 0 Å². The van der Waals surface area contributed by atoms with Crippen molar-refractivity contribution in [3.05, 3.63) is 16.7 Å². The van der Waals surface area contributed by atoms with Crippen LogP contribution in [0.4, 0.5) is 5.95 Å². The number of aromatic amines is 1. The van der Waals surface area contributed by atoms with Crippen LogP contribution in [0.3, 0.4) is 0 Å². The molecule has 144 valence electrons. The van der Waals surface area contributed by atoms with Gasteiger partial charge in [-0.3, -0.25) is 18.9 Å². The van der Waals surface area contributed by atoms with E-state index >= 15 is 0 Å². The molecule has 15 nitrogen and oxygen atoms in total. The number of aromatic nitrogens is 4. The van der Waals surface area contributed by atoms with Crippen molar-refractivity contribution in [3.8, 4) is 0 Å². The van der Waals surface area contributed by atoms with Crippen molar-refractivity contribution in [2.24, 2.45) is 0 Å². The molecule has 0 amide bonds. The SMILES string of the molecule is Nc1nc2c(ncn2[C@@H]2O[C@H](COOO)[C@@H](OP(=O)(O)O)[C@H]2O)c(=O)[nH]1. The van der Waals surface area contributed by atoms with Gasteiger partial charge in [0.15, 0.2) is 17.4 Å². The molecule has 1 aliphatic heterocycles. The number of hydrogen-bond donors (Lipinski definition) is 6. The van der Waals surface area contributed by atoms with E-state index in [1.807, 2.05) is 0 Å². The van der Waals surface area contributed by atoms with Crippen LogP contribution in [0.5, 0.6) is 0 Å². The quantitative estimate of drug-likeness (QED) is 0.175. The third kappa shape index (κ3) is 3.61. The summed E-state index contributed by atoms with van der Waals surface area (Å²) >= 11 is 0. The Labute approximate surface area is 143 Å². The van der Waals surface area contributed by atoms with Crippen molar-refractivity contribution in [1.82, 2.24) is 19.5 Å². The number of nitrogens with two attached hydrogens (primary N) is 1. The summed E-state index contributed by atoms with van der Waals surface area (Å²) in [5.41, 5.74) is 4.72. The maximum atomic E-state index is 11.8. The van der Waals surface area contributed by atoms with Gasteiger partial charge in [-0.05, 0) is 0 Å². The summed E-state index contributed by atoms with van der Waals surface area (Å²) in [5, 5.41) is 22.1. The van der Waals surface area contributed by atoms with Gasteiger partial charge in [0.2, 0.25) is 5.95 Å². The third-order valence-electron chi connectivity index (χ3n) is 3.58. The Hall–Kier alpha value is -1.94. The molecular formula is C10H14N5O10P. The molecule has 0 spiro atoms. The predicted molar refractivity (Wildman–Crippen MR) is 79.1 cm³/mol. The number of phosphoric acid groups is 1. The molecule has 26 heavy (non-hydrogen) atoms. The average molecular weight is 395 g/mol. The fourth-order valence-corrected chi connectivity index (χ4v) is 3.18. The zero-order valence-electron chi connectivity index (χ0n) is 12.7. The lowest BCUT2D eigenvalue weighted by molar-refractivity contribution is -0.495. The molecule has 0 bridgehead atoms. The number of H-pyrrole nitrogens is 1. The number of hydrogen-bond acceptors (Lipinski definition) is 11. The predicted octanol–water partition coefficient (Wildman–Crippen LogP) is -2.14. The highest BCUT2D eigenvalue weighted by Gasteiger charge is 2.49. The van der Waals surface area contributed by atoms with Crippen LogP contribution < -0.4 is 11.3 Å². The van der Waals surface area contributed by atoms with E-state index in [-0.39, 0.29) is 17.1 Å². The second-order valence-corrected chi connectivity index (χ2v) is 6.44. The number of anilines is 1. The maximum Gasteiger partial charge on any atom is 0.470 e. The molecule has 1 saturated heterocycles. The van der Waals surface area contributed by atoms with Crippen LogP contribution in [0.25, 0.3) is 11.2 Å². The first kappa shape index (κ1) is 18.8. The number of imidazole rings is 1. The summed E-state index contributed by atoms with van der Waals surface area (Å²) in [6, 6.07) is 0. The van der Waals surface area contributed by atoms with Crippen molar-refractivity contribution in [1.29, 1.82) is 0 Å². The van der Waals surface area contributed by atoms with Gasteiger partial charge in [0.1, 0.15) is 24.9 Å². The summed E-state index contributed by atoms with van der Waals surface area (Å²) in [7, 11) is -5.00. The number of aliphatic hydroxyl groups excluding tert-OH is 1. The minimum atomic E-state index is -5.00. The van der Waals surface area contributed by atoms with Gasteiger partial charge < -0.3 is 25.4 Å². The highest BCUT2D eigenvalue weighted by atomic mass is 31.2. The lowest BCUT2D eigenvalue weighted by Gasteiger charge is -2.20. The minimum absolute atomic E-state index is 0.0368. The first-order chi connectivity index (χ1) is 12.2. The van der Waals surface area contributed by atoms with E-state index in [1.54, 1.807) is 0 Å². The first-order valence-corrected chi connectivity index (χ1v) is 8.47. The summed E-state index contributed by atoms with van der Waals surface area (Å²) in [4.78, 5) is 44.1. The van der Waals surface area contributed by atoms with Crippen LogP contribution in [0.2, 0.25) is 0 Å². The van der Waals surface area contributed by atoms with Crippen LogP contribution in [0.1, 0.15) is 6.23 Å². The fraction of sp³-hybridized carbons (Fsp3) is 0.500. The lowest BCUT2D eigenvalue weighted by atomic mass is 10.1. The normalized spacial score (nSPS) is 26.6. The zero-order valence-corrected chi connectivity index (χ0v) is 13.6. The molecule has 0 saturated carbocycles. The van der Waals surface area contributed by atoms with Crippen LogP contribution in [-0.2, 0) is 23.8 Å². The smallest absolute Gasteiger partial charge is 0.386 e. The van der Waals surface area contributed by atoms with Crippen LogP contribution >= 0.6 is 7.82 Å². The van der Waals surface area contributed by atoms with Gasteiger partial charge in [0.25, 0.3) is 5.56 Å². The van der Waals surface area contributed by atoms with E-state index < -0.39 is 44.5 Å². The van der Waals surface area contributed by atoms with Gasteiger partial charge in [-0.2, -0.15) is 4.98 Å². The van der Waals surface area contributed by atoms with E-state index in [9.17, 15) is 14.5 Å². The highest BCUT2D eigenvalue weighted by Crippen LogP contribution is 2.44. The van der Waals surface area contributed by atoms with E-state index in [2.05, 4.69) is 29.4 Å². The molecular weight excluding hydrogens is 381 g/mol. The second-order valence-electron chi connectivity index (χ2n) is 5.25. The lowest BCUT2D eigenvalue weighted by Crippen LogP contribution is -2.36. The van der Waals surface area contributed by atoms with Crippen LogP contribution in [0.15, 0.2) is 11.1 Å². The Kier molecular flexibility index (Phi) is 5.07. The zero-order chi connectivity index (χ0) is 19.1. The molecule has 1 fully saturated rings. The van der Waals surface area contributed by atoms with Crippen molar-refractivity contribution < 1.29 is 43.9 Å². The fourth-order valence-electron chi connectivity index (χ4n) is 2.60. The van der Waals surface area contributed by atoms with Crippen LogP contribution in [0, 0.1) is 0 Å². The Morgan fingerprint density at radius 2 is 2.19 bits per heavy atom. The Balaban J connectivity index is 1.97. The molecule has 4 atom stereocenters. The number of nitrogen functional groups attached to an aromatic ring is 1. The third-order valence-corrected chi connectivity index (χ3v) is 4.10. The van der Waals surface area contributed by atoms with Crippen LogP contribution in [-0.4, -0.2) is 64.6 Å². The standard InChI is InChI=1S/C10H14N5O10P/c11-10-13-7-4(8(17)14-10)12-2-15(7)9-5(16)6(24-26(19,20)21)3(23-9)1-22-25-18/h2-3,5-6,9,16,18H,1H2,(H2,19,20,21)(H3,11,13,14,17)/t3-,5-,6-,9-/m1/s1. The minimum Gasteiger partial charge on any atom is -0.386 e. The summed E-state index contributed by atoms with van der Waals surface area (Å²) in [6.07, 6.45) is -4.63. The van der Waals surface area contributed by atoms with Gasteiger partial charge in [-0.25, -0.2) is 19.7 Å². The number of nitrogens with one attached hydrogen (secondary N) is 1. The summed E-state index contributed by atoms with van der Waals surface area (Å²) in [6.45, 7) is -0.544. The molecule has 3 heterocycles. The van der Waals surface area contributed by atoms with Crippen molar-refractivity contribution >= 4 is 24.9 Å². The summed E-state index contributed by atoms with van der Waals surface area (Å²) < 4.78 is 22.3. The average Bonchev–Trinajstić information content (AvgIpc) is 3.07. The summed E-state index contributed by atoms with van der Waals surface area (Å²) in [5.74, 6) is -0.215. The van der Waals surface area contributed by atoms with Gasteiger partial charge in [0.05, 0.1) is 6.33 Å². The number of ether oxygens (including phenoxy) is 1. The van der Waals surface area contributed by atoms with Crippen molar-refractivity contribution in [2.45, 2.75) is 24.5 Å². The van der Waals surface area contributed by atoms with Gasteiger partial charge in [-0.15, -0.1) is 0 Å². The Morgan fingerprint density at radius 3 is 2.85 bits per heavy atom.